The maximum absolute atomic E-state index is 11.8. The minimum Gasteiger partial charge on any atom is -0.508 e. The van der Waals surface area contributed by atoms with Crippen molar-refractivity contribution >= 4 is 22.9 Å². The molecule has 5 heteroatoms. The van der Waals surface area contributed by atoms with Gasteiger partial charge in [0.15, 0.2) is 0 Å². The molecule has 0 radical (unpaired) electrons. The predicted molar refractivity (Wildman–Crippen MR) is 62.9 cm³/mol. The normalized spacial score (nSPS) is 10.1. The monoisotopic (exact) mass is 234 g/mol. The lowest BCUT2D eigenvalue weighted by atomic mass is 10.3. The van der Waals surface area contributed by atoms with Crippen LogP contribution < -0.4 is 5.32 Å². The lowest BCUT2D eigenvalue weighted by Crippen LogP contribution is -2.11. The fourth-order valence-electron chi connectivity index (χ4n) is 1.29. The predicted octanol–water partition coefficient (Wildman–Crippen LogP) is 2.41. The van der Waals surface area contributed by atoms with Gasteiger partial charge in [0.05, 0.1) is 11.2 Å². The van der Waals surface area contributed by atoms with E-state index in [9.17, 15) is 9.90 Å². The molecular formula is C11H10N2O2S. The Labute approximate surface area is 96.6 Å². The molecular weight excluding hydrogens is 224 g/mol. The van der Waals surface area contributed by atoms with Crippen LogP contribution in [0.15, 0.2) is 29.8 Å². The van der Waals surface area contributed by atoms with Gasteiger partial charge in [0.2, 0.25) is 0 Å². The summed E-state index contributed by atoms with van der Waals surface area (Å²) in [6.07, 6.45) is 0. The minimum atomic E-state index is -0.203. The average Bonchev–Trinajstić information content (AvgIpc) is 2.64. The summed E-state index contributed by atoms with van der Waals surface area (Å²) in [5.41, 5.74) is 2.91. The molecule has 0 spiro atoms. The first-order valence-corrected chi connectivity index (χ1v) is 5.55. The maximum Gasteiger partial charge on any atom is 0.267 e. The number of thiazole rings is 1. The minimum absolute atomic E-state index is 0.124. The van der Waals surface area contributed by atoms with Crippen molar-refractivity contribution in [2.75, 3.05) is 5.32 Å². The number of carbonyl (C=O) groups is 1. The summed E-state index contributed by atoms with van der Waals surface area (Å²) in [7, 11) is 0. The van der Waals surface area contributed by atoms with Gasteiger partial charge in [0.1, 0.15) is 10.6 Å². The summed E-state index contributed by atoms with van der Waals surface area (Å²) in [5.74, 6) is -0.0792. The van der Waals surface area contributed by atoms with Crippen molar-refractivity contribution in [2.45, 2.75) is 6.92 Å². The fraction of sp³-hybridized carbons (Fsp3) is 0.0909. The number of anilines is 1. The first-order chi connectivity index (χ1) is 7.66. The molecule has 0 fully saturated rings. The Morgan fingerprint density at radius 3 is 2.94 bits per heavy atom. The third kappa shape index (κ3) is 2.20. The third-order valence-corrected chi connectivity index (χ3v) is 2.98. The Morgan fingerprint density at radius 2 is 2.31 bits per heavy atom. The molecule has 16 heavy (non-hydrogen) atoms. The van der Waals surface area contributed by atoms with Crippen LogP contribution in [0.4, 0.5) is 5.69 Å². The zero-order chi connectivity index (χ0) is 11.5. The van der Waals surface area contributed by atoms with Crippen molar-refractivity contribution in [3.63, 3.8) is 0 Å². The molecule has 1 amide bonds. The van der Waals surface area contributed by atoms with Crippen molar-refractivity contribution in [3.8, 4) is 5.75 Å². The summed E-state index contributed by atoms with van der Waals surface area (Å²) < 4.78 is 0. The van der Waals surface area contributed by atoms with Crippen LogP contribution in [0.1, 0.15) is 15.4 Å². The number of phenols is 1. The molecule has 1 aromatic carbocycles. The molecule has 0 atom stereocenters. The number of nitrogens with one attached hydrogen (secondary N) is 1. The highest BCUT2D eigenvalue weighted by atomic mass is 32.1. The van der Waals surface area contributed by atoms with Crippen LogP contribution >= 0.6 is 11.3 Å². The molecule has 1 aromatic heterocycles. The topological polar surface area (TPSA) is 62.2 Å². The number of benzene rings is 1. The van der Waals surface area contributed by atoms with E-state index < -0.39 is 0 Å². The van der Waals surface area contributed by atoms with E-state index in [1.54, 1.807) is 30.6 Å². The van der Waals surface area contributed by atoms with Crippen LogP contribution in [0.3, 0.4) is 0 Å². The number of aryl methyl sites for hydroxylation is 1. The molecule has 82 valence electrons. The van der Waals surface area contributed by atoms with E-state index in [-0.39, 0.29) is 11.7 Å². The van der Waals surface area contributed by atoms with E-state index in [1.165, 1.54) is 17.4 Å². The Balaban J connectivity index is 2.17. The standard InChI is InChI=1S/C11H10N2O2S/c1-7-10(16-6-12-7)11(15)13-8-3-2-4-9(14)5-8/h2-6,14H,1H3,(H,13,15). The smallest absolute Gasteiger partial charge is 0.267 e. The van der Waals surface area contributed by atoms with Crippen LogP contribution in [-0.4, -0.2) is 16.0 Å². The van der Waals surface area contributed by atoms with Crippen molar-refractivity contribution in [1.82, 2.24) is 4.98 Å². The van der Waals surface area contributed by atoms with E-state index in [4.69, 9.17) is 0 Å². The van der Waals surface area contributed by atoms with E-state index in [2.05, 4.69) is 10.3 Å². The molecule has 0 saturated heterocycles. The number of nitrogens with zero attached hydrogens (tertiary/aromatic N) is 1. The molecule has 2 aromatic rings. The molecule has 0 aliphatic carbocycles. The Hall–Kier alpha value is -1.88. The van der Waals surface area contributed by atoms with Gasteiger partial charge < -0.3 is 10.4 Å². The third-order valence-electron chi connectivity index (χ3n) is 2.06. The molecule has 0 bridgehead atoms. The van der Waals surface area contributed by atoms with Gasteiger partial charge in [0, 0.05) is 11.8 Å². The zero-order valence-electron chi connectivity index (χ0n) is 8.60. The van der Waals surface area contributed by atoms with Crippen molar-refractivity contribution < 1.29 is 9.90 Å². The molecule has 0 unspecified atom stereocenters. The number of aromatic hydroxyl groups is 1. The van der Waals surface area contributed by atoms with E-state index >= 15 is 0 Å². The highest BCUT2D eigenvalue weighted by molar-refractivity contribution is 7.12. The molecule has 0 aliphatic rings. The second-order valence-electron chi connectivity index (χ2n) is 3.27. The number of carbonyl (C=O) groups excluding carboxylic acids is 1. The van der Waals surface area contributed by atoms with Crippen LogP contribution in [0.25, 0.3) is 0 Å². The lowest BCUT2D eigenvalue weighted by Gasteiger charge is -2.04. The summed E-state index contributed by atoms with van der Waals surface area (Å²) in [4.78, 5) is 16.4. The quantitative estimate of drug-likeness (QED) is 0.838. The Bertz CT molecular complexity index is 522. The van der Waals surface area contributed by atoms with Gasteiger partial charge in [-0.2, -0.15) is 0 Å². The number of phenolic OH excluding ortho intramolecular Hbond substituents is 1. The van der Waals surface area contributed by atoms with Crippen LogP contribution in [0.2, 0.25) is 0 Å². The Kier molecular flexibility index (Phi) is 2.87. The first kappa shape index (κ1) is 10.6. The summed E-state index contributed by atoms with van der Waals surface area (Å²) >= 11 is 1.30. The second-order valence-corrected chi connectivity index (χ2v) is 4.13. The van der Waals surface area contributed by atoms with Gasteiger partial charge in [-0.05, 0) is 19.1 Å². The highest BCUT2D eigenvalue weighted by Gasteiger charge is 2.11. The van der Waals surface area contributed by atoms with Crippen molar-refractivity contribution in [1.29, 1.82) is 0 Å². The van der Waals surface area contributed by atoms with E-state index in [0.717, 1.165) is 0 Å². The van der Waals surface area contributed by atoms with Crippen LogP contribution in [0, 0.1) is 6.92 Å². The van der Waals surface area contributed by atoms with Crippen LogP contribution in [0.5, 0.6) is 5.75 Å². The zero-order valence-corrected chi connectivity index (χ0v) is 9.41. The number of hydrogen-bond donors (Lipinski definition) is 2. The van der Waals surface area contributed by atoms with Gasteiger partial charge in [-0.25, -0.2) is 4.98 Å². The summed E-state index contributed by atoms with van der Waals surface area (Å²) in [6.45, 7) is 1.79. The van der Waals surface area contributed by atoms with E-state index in [1.807, 2.05) is 0 Å². The molecule has 2 N–H and O–H groups in total. The molecule has 2 rings (SSSR count). The fourth-order valence-corrected chi connectivity index (χ4v) is 1.99. The molecule has 0 saturated carbocycles. The average molecular weight is 234 g/mol. The number of aromatic nitrogens is 1. The van der Waals surface area contributed by atoms with Gasteiger partial charge in [0.25, 0.3) is 5.91 Å². The number of hydrogen-bond acceptors (Lipinski definition) is 4. The number of amides is 1. The van der Waals surface area contributed by atoms with Gasteiger partial charge in [-0.3, -0.25) is 4.79 Å². The highest BCUT2D eigenvalue weighted by Crippen LogP contribution is 2.18. The van der Waals surface area contributed by atoms with Gasteiger partial charge in [-0.1, -0.05) is 6.07 Å². The summed E-state index contributed by atoms with van der Waals surface area (Å²) in [6, 6.07) is 6.43. The van der Waals surface area contributed by atoms with Crippen molar-refractivity contribution in [2.24, 2.45) is 0 Å². The summed E-state index contributed by atoms with van der Waals surface area (Å²) in [5, 5.41) is 11.9. The lowest BCUT2D eigenvalue weighted by molar-refractivity contribution is 0.103. The van der Waals surface area contributed by atoms with Gasteiger partial charge in [-0.15, -0.1) is 11.3 Å². The SMILES string of the molecule is Cc1ncsc1C(=O)Nc1cccc(O)c1. The first-order valence-electron chi connectivity index (χ1n) is 4.67. The second kappa shape index (κ2) is 4.32. The largest absolute Gasteiger partial charge is 0.508 e. The van der Waals surface area contributed by atoms with Crippen LogP contribution in [-0.2, 0) is 0 Å². The van der Waals surface area contributed by atoms with E-state index in [0.29, 0.717) is 16.3 Å². The van der Waals surface area contributed by atoms with Gasteiger partial charge >= 0.3 is 0 Å². The molecule has 0 aliphatic heterocycles. The Morgan fingerprint density at radius 1 is 1.50 bits per heavy atom. The molecule has 1 heterocycles. The number of rotatable bonds is 2. The molecule has 4 nitrogen and oxygen atoms in total. The maximum atomic E-state index is 11.8. The van der Waals surface area contributed by atoms with Crippen molar-refractivity contribution in [3.05, 3.63) is 40.3 Å².